The highest BCUT2D eigenvalue weighted by molar-refractivity contribution is 9.11. The zero-order valence-corrected chi connectivity index (χ0v) is 26.3. The minimum atomic E-state index is -0.310. The molecule has 208 valence electrons. The maximum absolute atomic E-state index is 13.6. The SMILES string of the molecule is O=c1c2ccccc2nc(-c2cc3cc(Br)ccc3o2)n1N=Cc1cc(Br)c(OCc2ccc3c(c2)OCO3)c(Br)c1. The minimum Gasteiger partial charge on any atom is -0.487 e. The van der Waals surface area contributed by atoms with Gasteiger partial charge < -0.3 is 18.6 Å². The van der Waals surface area contributed by atoms with E-state index < -0.39 is 0 Å². The van der Waals surface area contributed by atoms with Crippen LogP contribution < -0.4 is 19.8 Å². The summed E-state index contributed by atoms with van der Waals surface area (Å²) in [7, 11) is 0. The van der Waals surface area contributed by atoms with E-state index >= 15 is 0 Å². The molecule has 3 heterocycles. The Bertz CT molecular complexity index is 2080. The number of rotatable bonds is 6. The molecule has 0 N–H and O–H groups in total. The quantitative estimate of drug-likeness (QED) is 0.159. The van der Waals surface area contributed by atoms with Crippen LogP contribution in [0.25, 0.3) is 33.5 Å². The third-order valence-corrected chi connectivity index (χ3v) is 8.29. The average molecular weight is 752 g/mol. The molecule has 1 aliphatic heterocycles. The number of furan rings is 1. The van der Waals surface area contributed by atoms with Gasteiger partial charge in [0.05, 0.1) is 26.1 Å². The zero-order valence-electron chi connectivity index (χ0n) is 21.5. The molecule has 0 atom stereocenters. The molecule has 0 bridgehead atoms. The number of nitrogens with zero attached hydrogens (tertiary/aromatic N) is 3. The van der Waals surface area contributed by atoms with Crippen LogP contribution in [0.2, 0.25) is 0 Å². The monoisotopic (exact) mass is 749 g/mol. The lowest BCUT2D eigenvalue weighted by molar-refractivity contribution is 0.174. The average Bonchev–Trinajstić information content (AvgIpc) is 3.62. The van der Waals surface area contributed by atoms with Crippen LogP contribution >= 0.6 is 47.8 Å². The minimum absolute atomic E-state index is 0.221. The van der Waals surface area contributed by atoms with Gasteiger partial charge in [0, 0.05) is 9.86 Å². The van der Waals surface area contributed by atoms with Gasteiger partial charge in [-0.15, -0.1) is 0 Å². The summed E-state index contributed by atoms with van der Waals surface area (Å²) in [5.41, 5.74) is 2.59. The van der Waals surface area contributed by atoms with Crippen LogP contribution in [-0.2, 0) is 6.61 Å². The van der Waals surface area contributed by atoms with Crippen molar-refractivity contribution in [2.75, 3.05) is 6.79 Å². The highest BCUT2D eigenvalue weighted by Crippen LogP contribution is 2.37. The predicted molar refractivity (Wildman–Crippen MR) is 171 cm³/mol. The van der Waals surface area contributed by atoms with Crippen LogP contribution in [0.3, 0.4) is 0 Å². The second-order valence-electron chi connectivity index (χ2n) is 9.40. The van der Waals surface area contributed by atoms with Gasteiger partial charge in [-0.05, 0) is 104 Å². The van der Waals surface area contributed by atoms with Gasteiger partial charge in [-0.2, -0.15) is 9.78 Å². The number of para-hydroxylation sites is 1. The van der Waals surface area contributed by atoms with Crippen molar-refractivity contribution in [3.63, 3.8) is 0 Å². The van der Waals surface area contributed by atoms with Crippen molar-refractivity contribution in [3.8, 4) is 28.8 Å². The Labute approximate surface area is 263 Å². The van der Waals surface area contributed by atoms with Gasteiger partial charge >= 0.3 is 0 Å². The molecule has 8 nitrogen and oxygen atoms in total. The number of halogens is 3. The van der Waals surface area contributed by atoms with Crippen molar-refractivity contribution in [1.82, 2.24) is 9.66 Å². The van der Waals surface area contributed by atoms with E-state index in [0.717, 1.165) is 26.7 Å². The van der Waals surface area contributed by atoms with Crippen LogP contribution in [0.4, 0.5) is 0 Å². The molecule has 7 rings (SSSR count). The first-order valence-corrected chi connectivity index (χ1v) is 15.1. The van der Waals surface area contributed by atoms with Gasteiger partial charge in [-0.25, -0.2) is 4.98 Å². The summed E-state index contributed by atoms with van der Waals surface area (Å²) in [6.45, 7) is 0.551. The zero-order chi connectivity index (χ0) is 28.8. The lowest BCUT2D eigenvalue weighted by Crippen LogP contribution is -2.20. The third kappa shape index (κ3) is 5.12. The maximum Gasteiger partial charge on any atom is 0.282 e. The molecule has 0 radical (unpaired) electrons. The van der Waals surface area contributed by atoms with Crippen molar-refractivity contribution in [3.05, 3.63) is 114 Å². The Morgan fingerprint density at radius 2 is 1.74 bits per heavy atom. The van der Waals surface area contributed by atoms with Gasteiger partial charge in [0.15, 0.2) is 17.3 Å². The molecule has 1 aliphatic rings. The van der Waals surface area contributed by atoms with E-state index in [2.05, 4.69) is 52.9 Å². The van der Waals surface area contributed by atoms with Gasteiger partial charge in [-0.1, -0.05) is 34.1 Å². The number of hydrogen-bond donors (Lipinski definition) is 0. The highest BCUT2D eigenvalue weighted by atomic mass is 79.9. The Morgan fingerprint density at radius 3 is 2.60 bits per heavy atom. The second-order valence-corrected chi connectivity index (χ2v) is 12.0. The van der Waals surface area contributed by atoms with Crippen molar-refractivity contribution >= 4 is 75.9 Å². The lowest BCUT2D eigenvalue weighted by atomic mass is 10.2. The Kier molecular flexibility index (Phi) is 7.09. The molecule has 0 saturated carbocycles. The molecule has 2 aromatic heterocycles. The first-order chi connectivity index (χ1) is 20.4. The fraction of sp³-hybridized carbons (Fsp3) is 0.0645. The predicted octanol–water partition coefficient (Wildman–Crippen LogP) is 8.29. The molecule has 0 saturated heterocycles. The Hall–Kier alpha value is -3.93. The van der Waals surface area contributed by atoms with E-state index in [4.69, 9.17) is 23.6 Å². The Morgan fingerprint density at radius 1 is 0.929 bits per heavy atom. The van der Waals surface area contributed by atoms with Gasteiger partial charge in [0.25, 0.3) is 5.56 Å². The second kappa shape index (κ2) is 11.0. The van der Waals surface area contributed by atoms with Crippen LogP contribution in [0.5, 0.6) is 17.2 Å². The summed E-state index contributed by atoms with van der Waals surface area (Å²) in [5.74, 6) is 2.78. The summed E-state index contributed by atoms with van der Waals surface area (Å²) in [6, 6.07) is 24.1. The van der Waals surface area contributed by atoms with Crippen molar-refractivity contribution in [2.45, 2.75) is 6.61 Å². The van der Waals surface area contributed by atoms with Crippen LogP contribution in [0, 0.1) is 0 Å². The van der Waals surface area contributed by atoms with E-state index in [9.17, 15) is 4.79 Å². The largest absolute Gasteiger partial charge is 0.487 e. The van der Waals surface area contributed by atoms with Gasteiger partial charge in [-0.3, -0.25) is 4.79 Å². The number of aromatic nitrogens is 2. The summed E-state index contributed by atoms with van der Waals surface area (Å²) in [5, 5.41) is 5.90. The van der Waals surface area contributed by atoms with Gasteiger partial charge in [0.1, 0.15) is 17.9 Å². The fourth-order valence-corrected chi connectivity index (χ4v) is 6.45. The van der Waals surface area contributed by atoms with E-state index in [1.165, 1.54) is 4.68 Å². The van der Waals surface area contributed by atoms with Crippen molar-refractivity contribution in [1.29, 1.82) is 0 Å². The Balaban J connectivity index is 1.22. The first-order valence-electron chi connectivity index (χ1n) is 12.7. The van der Waals surface area contributed by atoms with Crippen LogP contribution in [0.15, 0.2) is 107 Å². The summed E-state index contributed by atoms with van der Waals surface area (Å²) >= 11 is 10.7. The summed E-state index contributed by atoms with van der Waals surface area (Å²) < 4.78 is 26.6. The van der Waals surface area contributed by atoms with Gasteiger partial charge in [0.2, 0.25) is 12.6 Å². The molecule has 0 unspecified atom stereocenters. The lowest BCUT2D eigenvalue weighted by Gasteiger charge is -2.12. The molecule has 0 fully saturated rings. The first kappa shape index (κ1) is 26.9. The van der Waals surface area contributed by atoms with Crippen molar-refractivity contribution in [2.24, 2.45) is 5.10 Å². The standard InChI is InChI=1S/C31H18Br3N3O5/c32-20-6-8-25-19(12-20)13-28(42-25)30-36-24-4-2-1-3-21(24)31(38)37(30)35-14-18-9-22(33)29(23(34)10-18)39-15-17-5-7-26-27(11-17)41-16-40-26/h1-14H,15-16H2. The number of ether oxygens (including phenoxy) is 3. The molecule has 4 aromatic carbocycles. The molecule has 0 aliphatic carbocycles. The van der Waals surface area contributed by atoms with E-state index in [1.54, 1.807) is 24.4 Å². The van der Waals surface area contributed by atoms with E-state index in [1.807, 2.05) is 60.7 Å². The topological polar surface area (TPSA) is 88.1 Å². The number of fused-ring (bicyclic) bond motifs is 3. The molecule has 0 amide bonds. The molecular weight excluding hydrogens is 734 g/mol. The third-order valence-electron chi connectivity index (χ3n) is 6.62. The number of benzene rings is 4. The smallest absolute Gasteiger partial charge is 0.282 e. The van der Waals surface area contributed by atoms with Crippen molar-refractivity contribution < 1.29 is 18.6 Å². The maximum atomic E-state index is 13.6. The summed E-state index contributed by atoms with van der Waals surface area (Å²) in [4.78, 5) is 18.3. The molecule has 11 heteroatoms. The molecule has 42 heavy (non-hydrogen) atoms. The molecule has 0 spiro atoms. The normalized spacial score (nSPS) is 12.5. The molecular formula is C31H18Br3N3O5. The van der Waals surface area contributed by atoms with E-state index in [-0.39, 0.29) is 12.4 Å². The fourth-order valence-electron chi connectivity index (χ4n) is 4.62. The van der Waals surface area contributed by atoms with Crippen LogP contribution in [-0.4, -0.2) is 22.7 Å². The highest BCUT2D eigenvalue weighted by Gasteiger charge is 2.18. The summed E-state index contributed by atoms with van der Waals surface area (Å²) in [6.07, 6.45) is 1.59. The van der Waals surface area contributed by atoms with Crippen LogP contribution in [0.1, 0.15) is 11.1 Å². The number of hydrogen-bond acceptors (Lipinski definition) is 7. The molecule has 6 aromatic rings. The van der Waals surface area contributed by atoms with E-state index in [0.29, 0.717) is 55.1 Å².